The number of rotatable bonds is 3. The molecule has 0 aliphatic rings. The fraction of sp³-hybridized carbons (Fsp3) is 0.143. The van der Waals surface area contributed by atoms with Crippen molar-refractivity contribution in [3.63, 3.8) is 0 Å². The molecule has 0 N–H and O–H groups in total. The molecule has 1 heterocycles. The number of hydrogen-bond donors (Lipinski definition) is 0. The third-order valence-corrected chi connectivity index (χ3v) is 2.58. The third-order valence-electron chi connectivity index (χ3n) is 2.58. The Labute approximate surface area is 105 Å². The van der Waals surface area contributed by atoms with Crippen LogP contribution in [0.5, 0.6) is 5.75 Å². The molecule has 2 aromatic rings. The van der Waals surface area contributed by atoms with Crippen LogP contribution in [0.3, 0.4) is 0 Å². The first kappa shape index (κ1) is 12.1. The summed E-state index contributed by atoms with van der Waals surface area (Å²) < 4.78 is 9.74. The Bertz CT molecular complexity index is 549. The summed E-state index contributed by atoms with van der Waals surface area (Å²) in [5.41, 5.74) is 2.20. The van der Waals surface area contributed by atoms with Gasteiger partial charge in [0.05, 0.1) is 14.2 Å². The number of aromatic nitrogens is 1. The Morgan fingerprint density at radius 3 is 2.39 bits per heavy atom. The summed E-state index contributed by atoms with van der Waals surface area (Å²) in [6.45, 7) is 0. The molecule has 0 fully saturated rings. The second-order valence-corrected chi connectivity index (χ2v) is 3.65. The number of pyridine rings is 1. The average molecular weight is 243 g/mol. The van der Waals surface area contributed by atoms with Gasteiger partial charge in [0.15, 0.2) is 0 Å². The molecule has 0 bridgehead atoms. The quantitative estimate of drug-likeness (QED) is 0.777. The zero-order valence-electron chi connectivity index (χ0n) is 10.2. The van der Waals surface area contributed by atoms with Crippen LogP contribution in [0.4, 0.5) is 0 Å². The zero-order valence-corrected chi connectivity index (χ0v) is 10.2. The van der Waals surface area contributed by atoms with E-state index in [1.807, 2.05) is 30.3 Å². The first-order valence-corrected chi connectivity index (χ1v) is 5.43. The van der Waals surface area contributed by atoms with Gasteiger partial charge >= 0.3 is 5.97 Å². The van der Waals surface area contributed by atoms with Gasteiger partial charge in [-0.3, -0.25) is 0 Å². The number of carbonyl (C=O) groups is 1. The highest BCUT2D eigenvalue weighted by Crippen LogP contribution is 2.22. The fourth-order valence-corrected chi connectivity index (χ4v) is 1.61. The molecule has 4 heteroatoms. The van der Waals surface area contributed by atoms with Crippen molar-refractivity contribution in [1.82, 2.24) is 4.98 Å². The zero-order chi connectivity index (χ0) is 13.0. The van der Waals surface area contributed by atoms with Gasteiger partial charge in [-0.15, -0.1) is 0 Å². The minimum Gasteiger partial charge on any atom is -0.497 e. The molecule has 2 rings (SSSR count). The topological polar surface area (TPSA) is 48.4 Å². The predicted octanol–water partition coefficient (Wildman–Crippen LogP) is 2.54. The second-order valence-electron chi connectivity index (χ2n) is 3.65. The van der Waals surface area contributed by atoms with E-state index < -0.39 is 5.97 Å². The van der Waals surface area contributed by atoms with E-state index >= 15 is 0 Å². The molecule has 0 spiro atoms. The van der Waals surface area contributed by atoms with E-state index in [-0.39, 0.29) is 0 Å². The van der Waals surface area contributed by atoms with E-state index in [2.05, 4.69) is 9.72 Å². The average Bonchev–Trinajstić information content (AvgIpc) is 2.46. The molecule has 4 nitrogen and oxygen atoms in total. The van der Waals surface area contributed by atoms with Crippen molar-refractivity contribution in [3.05, 3.63) is 48.3 Å². The van der Waals surface area contributed by atoms with Gasteiger partial charge in [-0.2, -0.15) is 0 Å². The molecule has 0 aliphatic carbocycles. The van der Waals surface area contributed by atoms with Gasteiger partial charge in [0.25, 0.3) is 0 Å². The van der Waals surface area contributed by atoms with Crippen LogP contribution in [-0.4, -0.2) is 25.2 Å². The molecule has 1 aromatic carbocycles. The molecular weight excluding hydrogens is 230 g/mol. The maximum Gasteiger partial charge on any atom is 0.356 e. The Hall–Kier alpha value is -2.36. The first-order chi connectivity index (χ1) is 8.74. The lowest BCUT2D eigenvalue weighted by atomic mass is 10.1. The van der Waals surface area contributed by atoms with Gasteiger partial charge in [-0.05, 0) is 35.4 Å². The largest absolute Gasteiger partial charge is 0.497 e. The van der Waals surface area contributed by atoms with Gasteiger partial charge in [-0.25, -0.2) is 9.78 Å². The lowest BCUT2D eigenvalue weighted by Gasteiger charge is -2.05. The maximum atomic E-state index is 11.4. The van der Waals surface area contributed by atoms with Crippen LogP contribution < -0.4 is 4.74 Å². The van der Waals surface area contributed by atoms with Crippen molar-refractivity contribution in [2.45, 2.75) is 0 Å². The Morgan fingerprint density at radius 2 is 1.78 bits per heavy atom. The van der Waals surface area contributed by atoms with Crippen LogP contribution in [0.15, 0.2) is 42.6 Å². The van der Waals surface area contributed by atoms with Crippen LogP contribution in [0.25, 0.3) is 11.1 Å². The normalized spacial score (nSPS) is 9.89. The molecular formula is C14H13NO3. The summed E-state index contributed by atoms with van der Waals surface area (Å²) in [6.07, 6.45) is 1.59. The summed E-state index contributed by atoms with van der Waals surface area (Å²) >= 11 is 0. The summed E-state index contributed by atoms with van der Waals surface area (Å²) in [5.74, 6) is 0.353. The van der Waals surface area contributed by atoms with Crippen LogP contribution in [-0.2, 0) is 4.74 Å². The molecule has 0 aliphatic heterocycles. The van der Waals surface area contributed by atoms with Gasteiger partial charge < -0.3 is 9.47 Å². The van der Waals surface area contributed by atoms with Gasteiger partial charge in [0.1, 0.15) is 11.4 Å². The van der Waals surface area contributed by atoms with E-state index in [0.29, 0.717) is 5.69 Å². The summed E-state index contributed by atoms with van der Waals surface area (Å²) in [6, 6.07) is 11.1. The lowest BCUT2D eigenvalue weighted by Crippen LogP contribution is -2.03. The second kappa shape index (κ2) is 5.31. The first-order valence-electron chi connectivity index (χ1n) is 5.43. The van der Waals surface area contributed by atoms with Crippen LogP contribution in [0, 0.1) is 0 Å². The van der Waals surface area contributed by atoms with E-state index in [1.54, 1.807) is 19.4 Å². The van der Waals surface area contributed by atoms with Crippen molar-refractivity contribution in [2.75, 3.05) is 14.2 Å². The molecule has 1 aromatic heterocycles. The summed E-state index contributed by atoms with van der Waals surface area (Å²) in [7, 11) is 2.96. The summed E-state index contributed by atoms with van der Waals surface area (Å²) in [5, 5.41) is 0. The third kappa shape index (κ3) is 2.48. The molecule has 0 unspecified atom stereocenters. The number of esters is 1. The molecule has 18 heavy (non-hydrogen) atoms. The Morgan fingerprint density at radius 1 is 1.06 bits per heavy atom. The van der Waals surface area contributed by atoms with Crippen molar-refractivity contribution in [1.29, 1.82) is 0 Å². The molecule has 0 radical (unpaired) electrons. The van der Waals surface area contributed by atoms with E-state index in [4.69, 9.17) is 4.74 Å². The van der Waals surface area contributed by atoms with E-state index in [0.717, 1.165) is 16.9 Å². The van der Waals surface area contributed by atoms with Crippen molar-refractivity contribution < 1.29 is 14.3 Å². The van der Waals surface area contributed by atoms with Crippen molar-refractivity contribution >= 4 is 5.97 Å². The van der Waals surface area contributed by atoms with E-state index in [9.17, 15) is 4.79 Å². The summed E-state index contributed by atoms with van der Waals surface area (Å²) in [4.78, 5) is 15.4. The van der Waals surface area contributed by atoms with Crippen LogP contribution in [0.2, 0.25) is 0 Å². The highest BCUT2D eigenvalue weighted by Gasteiger charge is 2.08. The number of carbonyl (C=O) groups excluding carboxylic acids is 1. The molecule has 0 atom stereocenters. The Balaban J connectivity index is 2.35. The predicted molar refractivity (Wildman–Crippen MR) is 67.6 cm³/mol. The van der Waals surface area contributed by atoms with Gasteiger partial charge in [-0.1, -0.05) is 12.1 Å². The molecule has 92 valence electrons. The molecule has 0 amide bonds. The highest BCUT2D eigenvalue weighted by atomic mass is 16.5. The van der Waals surface area contributed by atoms with Crippen molar-refractivity contribution in [2.24, 2.45) is 0 Å². The van der Waals surface area contributed by atoms with Crippen LogP contribution in [0.1, 0.15) is 10.5 Å². The molecule has 0 saturated carbocycles. The van der Waals surface area contributed by atoms with Gasteiger partial charge in [0, 0.05) is 6.20 Å². The van der Waals surface area contributed by atoms with Crippen LogP contribution >= 0.6 is 0 Å². The Kier molecular flexibility index (Phi) is 3.57. The molecule has 0 saturated heterocycles. The van der Waals surface area contributed by atoms with Gasteiger partial charge in [0.2, 0.25) is 0 Å². The minimum atomic E-state index is -0.439. The van der Waals surface area contributed by atoms with Crippen molar-refractivity contribution in [3.8, 4) is 16.9 Å². The minimum absolute atomic E-state index is 0.297. The number of ether oxygens (including phenoxy) is 2. The fourth-order valence-electron chi connectivity index (χ4n) is 1.61. The highest BCUT2D eigenvalue weighted by molar-refractivity contribution is 5.88. The standard InChI is InChI=1S/C14H13NO3/c1-17-12-5-3-10(4-6-12)11-7-8-15-13(9-11)14(16)18-2/h3-9H,1-2H3. The van der Waals surface area contributed by atoms with E-state index in [1.165, 1.54) is 7.11 Å². The SMILES string of the molecule is COC(=O)c1cc(-c2ccc(OC)cc2)ccn1. The monoisotopic (exact) mass is 243 g/mol. The number of methoxy groups -OCH3 is 2. The maximum absolute atomic E-state index is 11.4. The number of benzene rings is 1. The number of nitrogens with zero attached hydrogens (tertiary/aromatic N) is 1. The lowest BCUT2D eigenvalue weighted by molar-refractivity contribution is 0.0594. The number of hydrogen-bond acceptors (Lipinski definition) is 4. The smallest absolute Gasteiger partial charge is 0.356 e.